The maximum absolute atomic E-state index is 13.0. The summed E-state index contributed by atoms with van der Waals surface area (Å²) in [5.41, 5.74) is 10.6. The summed E-state index contributed by atoms with van der Waals surface area (Å²) in [6.07, 6.45) is 0. The van der Waals surface area contributed by atoms with Gasteiger partial charge in [0.25, 0.3) is 5.91 Å². The fourth-order valence-electron chi connectivity index (χ4n) is 4.49. The van der Waals surface area contributed by atoms with Crippen molar-refractivity contribution in [3.63, 3.8) is 0 Å². The summed E-state index contributed by atoms with van der Waals surface area (Å²) >= 11 is 12.8. The Hall–Kier alpha value is -1.67. The number of carbonyl (C=O) groups excluding carboxylic acids is 1. The first-order valence-corrected chi connectivity index (χ1v) is 11.7. The van der Waals surface area contributed by atoms with Crippen molar-refractivity contribution in [1.29, 1.82) is 0 Å². The molecule has 4 rings (SSSR count). The molecule has 172 valence electrons. The molecule has 2 aromatic carbocycles. The Morgan fingerprint density at radius 2 is 1.84 bits per heavy atom. The van der Waals surface area contributed by atoms with Crippen LogP contribution in [0.1, 0.15) is 38.5 Å². The Labute approximate surface area is 199 Å². The smallest absolute Gasteiger partial charge is 0.254 e. The maximum atomic E-state index is 13.0. The van der Waals surface area contributed by atoms with E-state index in [1.807, 2.05) is 17.0 Å². The third-order valence-corrected chi connectivity index (χ3v) is 6.60. The van der Waals surface area contributed by atoms with Crippen LogP contribution in [0.4, 0.5) is 0 Å². The Balaban J connectivity index is 1.45. The van der Waals surface area contributed by atoms with Gasteiger partial charge in [0.15, 0.2) is 0 Å². The number of halogens is 2. The van der Waals surface area contributed by atoms with Crippen molar-refractivity contribution in [3.8, 4) is 0 Å². The largest absolute Gasteiger partial charge is 0.378 e. The molecule has 6 nitrogen and oxygen atoms in total. The van der Waals surface area contributed by atoms with Crippen LogP contribution in [0.15, 0.2) is 30.3 Å². The Morgan fingerprint density at radius 3 is 2.62 bits per heavy atom. The fraction of sp³-hybridized carbons (Fsp3) is 0.458. The van der Waals surface area contributed by atoms with Crippen molar-refractivity contribution in [2.45, 2.75) is 19.0 Å². The quantitative estimate of drug-likeness (QED) is 0.559. The third-order valence-electron chi connectivity index (χ3n) is 6.05. The average molecular weight is 478 g/mol. The Kier molecular flexibility index (Phi) is 7.71. The van der Waals surface area contributed by atoms with Gasteiger partial charge >= 0.3 is 0 Å². The van der Waals surface area contributed by atoms with Crippen LogP contribution in [0.2, 0.25) is 10.0 Å². The summed E-state index contributed by atoms with van der Waals surface area (Å²) < 4.78 is 10.9. The molecular formula is C24H29Cl2N3O3. The van der Waals surface area contributed by atoms with Crippen molar-refractivity contribution < 1.29 is 14.3 Å². The van der Waals surface area contributed by atoms with E-state index in [9.17, 15) is 4.79 Å². The van der Waals surface area contributed by atoms with Crippen molar-refractivity contribution in [1.82, 2.24) is 9.80 Å². The molecule has 0 fully saturated rings. The van der Waals surface area contributed by atoms with Crippen LogP contribution in [0.5, 0.6) is 0 Å². The van der Waals surface area contributed by atoms with Crippen molar-refractivity contribution >= 4 is 29.1 Å². The lowest BCUT2D eigenvalue weighted by molar-refractivity contribution is 0.0387. The lowest BCUT2D eigenvalue weighted by Crippen LogP contribution is -2.31. The van der Waals surface area contributed by atoms with Gasteiger partial charge in [0.1, 0.15) is 0 Å². The van der Waals surface area contributed by atoms with Gasteiger partial charge in [-0.05, 0) is 47.5 Å². The summed E-state index contributed by atoms with van der Waals surface area (Å²) in [6.45, 7) is 5.34. The van der Waals surface area contributed by atoms with E-state index in [1.54, 1.807) is 6.07 Å². The van der Waals surface area contributed by atoms with Crippen LogP contribution >= 0.6 is 23.2 Å². The van der Waals surface area contributed by atoms with E-state index in [2.05, 4.69) is 24.1 Å². The second-order valence-electron chi connectivity index (χ2n) is 8.36. The highest BCUT2D eigenvalue weighted by molar-refractivity contribution is 6.35. The molecule has 0 spiro atoms. The number of carbonyl (C=O) groups is 1. The van der Waals surface area contributed by atoms with Gasteiger partial charge in [-0.15, -0.1) is 0 Å². The first-order chi connectivity index (χ1) is 15.5. The lowest BCUT2D eigenvalue weighted by atomic mass is 9.84. The molecule has 1 atom stereocenters. The second kappa shape index (κ2) is 10.5. The van der Waals surface area contributed by atoms with Crippen LogP contribution in [-0.4, -0.2) is 68.8 Å². The molecule has 0 bridgehead atoms. The van der Waals surface area contributed by atoms with Crippen LogP contribution in [0.25, 0.3) is 0 Å². The Morgan fingerprint density at radius 1 is 1.06 bits per heavy atom. The fourth-order valence-corrected chi connectivity index (χ4v) is 5.06. The highest BCUT2D eigenvalue weighted by Crippen LogP contribution is 2.39. The minimum absolute atomic E-state index is 0.0540. The van der Waals surface area contributed by atoms with Gasteiger partial charge in [0.05, 0.1) is 26.4 Å². The summed E-state index contributed by atoms with van der Waals surface area (Å²) in [7, 11) is 2.09. The summed E-state index contributed by atoms with van der Waals surface area (Å²) in [4.78, 5) is 17.1. The number of nitrogens with two attached hydrogens (primary N) is 1. The minimum Gasteiger partial charge on any atom is -0.378 e. The van der Waals surface area contributed by atoms with Crippen LogP contribution < -0.4 is 5.73 Å². The molecule has 2 aromatic rings. The molecule has 0 radical (unpaired) electrons. The molecule has 1 amide bonds. The molecule has 1 unspecified atom stereocenters. The van der Waals surface area contributed by atoms with Crippen molar-refractivity contribution in [2.24, 2.45) is 5.73 Å². The summed E-state index contributed by atoms with van der Waals surface area (Å²) in [5.74, 6) is 0.169. The van der Waals surface area contributed by atoms with Crippen LogP contribution in [0.3, 0.4) is 0 Å². The predicted octanol–water partition coefficient (Wildman–Crippen LogP) is 3.52. The van der Waals surface area contributed by atoms with Crippen LogP contribution in [0, 0.1) is 0 Å². The van der Waals surface area contributed by atoms with Gasteiger partial charge in [0, 0.05) is 54.3 Å². The van der Waals surface area contributed by atoms with Gasteiger partial charge in [-0.1, -0.05) is 35.3 Å². The number of likely N-dealkylation sites (N-methyl/N-ethyl adjacent to an activating group) is 1. The number of nitrogens with zero attached hydrogens (tertiary/aromatic N) is 2. The van der Waals surface area contributed by atoms with E-state index in [0.29, 0.717) is 56.1 Å². The SMILES string of the molecule is CN1Cc2c(Cl)cc(Cl)cc2C(c2ccc3c(c2)C(=O)N(CCOCCOCCN)C3)C1. The Bertz CT molecular complexity index is 985. The van der Waals surface area contributed by atoms with Crippen molar-refractivity contribution in [3.05, 3.63) is 68.2 Å². The van der Waals surface area contributed by atoms with E-state index >= 15 is 0 Å². The van der Waals surface area contributed by atoms with E-state index in [4.69, 9.17) is 38.4 Å². The molecule has 2 aliphatic heterocycles. The molecule has 2 aliphatic rings. The molecule has 8 heteroatoms. The van der Waals surface area contributed by atoms with Crippen LogP contribution in [-0.2, 0) is 22.6 Å². The zero-order valence-corrected chi connectivity index (χ0v) is 19.8. The number of amides is 1. The number of hydrogen-bond acceptors (Lipinski definition) is 5. The second-order valence-corrected chi connectivity index (χ2v) is 9.21. The van der Waals surface area contributed by atoms with Crippen molar-refractivity contribution in [2.75, 3.05) is 53.1 Å². The number of hydrogen-bond donors (Lipinski definition) is 1. The molecule has 2 heterocycles. The topological polar surface area (TPSA) is 68.0 Å². The average Bonchev–Trinajstić information content (AvgIpc) is 3.08. The number of benzene rings is 2. The summed E-state index contributed by atoms with van der Waals surface area (Å²) in [6, 6.07) is 10.1. The number of fused-ring (bicyclic) bond motifs is 2. The third kappa shape index (κ3) is 5.11. The first kappa shape index (κ1) is 23.5. The maximum Gasteiger partial charge on any atom is 0.254 e. The molecule has 0 aromatic heterocycles. The predicted molar refractivity (Wildman–Crippen MR) is 127 cm³/mol. The standard InChI is InChI=1S/C24H29Cl2N3O3/c1-28-14-21(20-11-18(25)12-23(26)22(20)15-28)16-2-3-17-13-29(24(30)19(17)10-16)5-7-32-9-8-31-6-4-27/h2-3,10-12,21H,4-9,13-15,27H2,1H3. The molecule has 0 saturated carbocycles. The van der Waals surface area contributed by atoms with E-state index < -0.39 is 0 Å². The molecule has 0 aliphatic carbocycles. The van der Waals surface area contributed by atoms with Gasteiger partial charge in [0.2, 0.25) is 0 Å². The van der Waals surface area contributed by atoms with Gasteiger partial charge in [-0.2, -0.15) is 0 Å². The zero-order valence-electron chi connectivity index (χ0n) is 18.3. The normalized spacial score (nSPS) is 18.2. The molecule has 2 N–H and O–H groups in total. The highest BCUT2D eigenvalue weighted by atomic mass is 35.5. The lowest BCUT2D eigenvalue weighted by Gasteiger charge is -2.33. The van der Waals surface area contributed by atoms with Gasteiger partial charge in [-0.3, -0.25) is 4.79 Å². The summed E-state index contributed by atoms with van der Waals surface area (Å²) in [5, 5.41) is 1.33. The monoisotopic (exact) mass is 477 g/mol. The first-order valence-electron chi connectivity index (χ1n) is 10.9. The zero-order chi connectivity index (χ0) is 22.7. The van der Waals surface area contributed by atoms with E-state index in [0.717, 1.165) is 40.9 Å². The molecule has 32 heavy (non-hydrogen) atoms. The number of rotatable bonds is 9. The van der Waals surface area contributed by atoms with E-state index in [1.165, 1.54) is 0 Å². The van der Waals surface area contributed by atoms with Gasteiger partial charge < -0.3 is 25.0 Å². The minimum atomic E-state index is 0.0540. The van der Waals surface area contributed by atoms with Gasteiger partial charge in [-0.25, -0.2) is 0 Å². The van der Waals surface area contributed by atoms with E-state index in [-0.39, 0.29) is 11.8 Å². The molecule has 0 saturated heterocycles. The molecular weight excluding hydrogens is 449 g/mol. The number of ether oxygens (including phenoxy) is 2. The highest BCUT2D eigenvalue weighted by Gasteiger charge is 2.31.